The Balaban J connectivity index is 1.84. The number of ether oxygens (including phenoxy) is 3. The first-order chi connectivity index (χ1) is 13.7. The van der Waals surface area contributed by atoms with Gasteiger partial charge in [-0.05, 0) is 24.3 Å². The van der Waals surface area contributed by atoms with Crippen LogP contribution >= 0.6 is 11.3 Å². The van der Waals surface area contributed by atoms with Gasteiger partial charge >= 0.3 is 0 Å². The van der Waals surface area contributed by atoms with Crippen LogP contribution < -0.4 is 24.3 Å². The van der Waals surface area contributed by atoms with Crippen LogP contribution in [0.25, 0.3) is 22.4 Å². The number of aromatic nitrogens is 3. The maximum atomic E-state index is 12.8. The zero-order valence-electron chi connectivity index (χ0n) is 15.5. The molecule has 7 nitrogen and oxygen atoms in total. The van der Waals surface area contributed by atoms with Gasteiger partial charge < -0.3 is 14.2 Å². The van der Waals surface area contributed by atoms with Crippen molar-refractivity contribution in [3.63, 3.8) is 0 Å². The second-order valence-corrected chi connectivity index (χ2v) is 6.84. The van der Waals surface area contributed by atoms with Crippen molar-refractivity contribution in [1.82, 2.24) is 14.6 Å². The summed E-state index contributed by atoms with van der Waals surface area (Å²) in [5.41, 5.74) is 1.24. The summed E-state index contributed by atoms with van der Waals surface area (Å²) in [7, 11) is 4.73. The van der Waals surface area contributed by atoms with E-state index in [2.05, 4.69) is 10.1 Å². The highest BCUT2D eigenvalue weighted by molar-refractivity contribution is 7.15. The van der Waals surface area contributed by atoms with Crippen LogP contribution in [0.2, 0.25) is 0 Å². The highest BCUT2D eigenvalue weighted by atomic mass is 32.1. The van der Waals surface area contributed by atoms with Gasteiger partial charge in [0, 0.05) is 5.56 Å². The summed E-state index contributed by atoms with van der Waals surface area (Å²) in [6, 6.07) is 12.9. The number of hydrogen-bond acceptors (Lipinski definition) is 7. The molecule has 0 bridgehead atoms. The van der Waals surface area contributed by atoms with Crippen molar-refractivity contribution in [3.05, 3.63) is 62.9 Å². The Morgan fingerprint density at radius 1 is 0.964 bits per heavy atom. The normalized spacial score (nSPS) is 11.8. The van der Waals surface area contributed by atoms with Gasteiger partial charge in [0.15, 0.2) is 17.3 Å². The lowest BCUT2D eigenvalue weighted by Gasteiger charge is -2.09. The summed E-state index contributed by atoms with van der Waals surface area (Å²) in [6.45, 7) is 0. The van der Waals surface area contributed by atoms with Crippen LogP contribution in [0.3, 0.4) is 0 Å². The second-order valence-electron chi connectivity index (χ2n) is 5.83. The number of rotatable bonds is 5. The van der Waals surface area contributed by atoms with E-state index in [0.29, 0.717) is 32.6 Å². The predicted octanol–water partition coefficient (Wildman–Crippen LogP) is 2.39. The standard InChI is InChI=1S/C20H17N3O4S/c1-25-14-9-5-4-8-13(14)18-21-20-23(22-18)19(24)16(28-20)11-12-7-6-10-15(26-2)17(12)27-3/h4-11H,1-3H3. The quantitative estimate of drug-likeness (QED) is 0.517. The zero-order chi connectivity index (χ0) is 19.7. The molecule has 0 radical (unpaired) electrons. The predicted molar refractivity (Wildman–Crippen MR) is 107 cm³/mol. The first-order valence-corrected chi connectivity index (χ1v) is 9.23. The lowest BCUT2D eigenvalue weighted by atomic mass is 10.2. The first-order valence-electron chi connectivity index (χ1n) is 8.42. The molecule has 0 saturated heterocycles. The van der Waals surface area contributed by atoms with Crippen LogP contribution in [-0.4, -0.2) is 35.9 Å². The molecule has 0 aliphatic carbocycles. The topological polar surface area (TPSA) is 75.0 Å². The number of hydrogen-bond donors (Lipinski definition) is 0. The van der Waals surface area contributed by atoms with Crippen molar-refractivity contribution < 1.29 is 14.2 Å². The van der Waals surface area contributed by atoms with Crippen LogP contribution in [0.5, 0.6) is 17.2 Å². The van der Waals surface area contributed by atoms with Gasteiger partial charge in [0.2, 0.25) is 4.96 Å². The van der Waals surface area contributed by atoms with E-state index in [0.717, 1.165) is 11.1 Å². The van der Waals surface area contributed by atoms with Crippen LogP contribution in [-0.2, 0) is 0 Å². The molecule has 8 heteroatoms. The largest absolute Gasteiger partial charge is 0.496 e. The maximum absolute atomic E-state index is 12.8. The number of fused-ring (bicyclic) bond motifs is 1. The fourth-order valence-corrected chi connectivity index (χ4v) is 3.84. The van der Waals surface area contributed by atoms with E-state index < -0.39 is 0 Å². The summed E-state index contributed by atoms with van der Waals surface area (Å²) in [5, 5.41) is 4.38. The Hall–Kier alpha value is -3.39. The number of thiazole rings is 1. The molecular weight excluding hydrogens is 378 g/mol. The van der Waals surface area contributed by atoms with Crippen molar-refractivity contribution in [2.24, 2.45) is 0 Å². The second kappa shape index (κ2) is 7.32. The molecule has 28 heavy (non-hydrogen) atoms. The van der Waals surface area contributed by atoms with Crippen molar-refractivity contribution in [2.75, 3.05) is 21.3 Å². The van der Waals surface area contributed by atoms with Gasteiger partial charge in [-0.1, -0.05) is 35.6 Å². The number of benzene rings is 2. The van der Waals surface area contributed by atoms with Crippen molar-refractivity contribution in [3.8, 4) is 28.6 Å². The molecule has 0 N–H and O–H groups in total. The first kappa shape index (κ1) is 18.0. The number of nitrogens with zero attached hydrogens (tertiary/aromatic N) is 3. The molecule has 2 heterocycles. The minimum atomic E-state index is -0.237. The van der Waals surface area contributed by atoms with E-state index in [4.69, 9.17) is 14.2 Å². The van der Waals surface area contributed by atoms with E-state index in [-0.39, 0.29) is 5.56 Å². The molecule has 0 saturated carbocycles. The fraction of sp³-hybridized carbons (Fsp3) is 0.150. The maximum Gasteiger partial charge on any atom is 0.291 e. The minimum absolute atomic E-state index is 0.237. The zero-order valence-corrected chi connectivity index (χ0v) is 16.3. The van der Waals surface area contributed by atoms with E-state index in [1.165, 1.54) is 15.9 Å². The molecule has 142 valence electrons. The monoisotopic (exact) mass is 395 g/mol. The summed E-state index contributed by atoms with van der Waals surface area (Å²) in [6.07, 6.45) is 1.76. The van der Waals surface area contributed by atoms with Gasteiger partial charge in [0.05, 0.1) is 31.4 Å². The van der Waals surface area contributed by atoms with Crippen LogP contribution in [0.1, 0.15) is 5.56 Å². The number of para-hydroxylation sites is 2. The molecule has 4 rings (SSSR count). The molecule has 0 fully saturated rings. The van der Waals surface area contributed by atoms with Crippen LogP contribution in [0, 0.1) is 0 Å². The van der Waals surface area contributed by atoms with Gasteiger partial charge in [-0.2, -0.15) is 9.50 Å². The van der Waals surface area contributed by atoms with Crippen molar-refractivity contribution in [1.29, 1.82) is 0 Å². The van der Waals surface area contributed by atoms with Crippen molar-refractivity contribution in [2.45, 2.75) is 0 Å². The third-order valence-electron chi connectivity index (χ3n) is 4.25. The highest BCUT2D eigenvalue weighted by Gasteiger charge is 2.15. The molecule has 0 atom stereocenters. The highest BCUT2D eigenvalue weighted by Crippen LogP contribution is 2.31. The molecule has 0 aliphatic rings. The summed E-state index contributed by atoms with van der Waals surface area (Å²) in [4.78, 5) is 17.8. The Bertz CT molecular complexity index is 1260. The molecule has 4 aromatic rings. The van der Waals surface area contributed by atoms with Crippen LogP contribution in [0.15, 0.2) is 47.3 Å². The molecular formula is C20H17N3O4S. The molecule has 0 spiro atoms. The van der Waals surface area contributed by atoms with E-state index in [9.17, 15) is 4.79 Å². The van der Waals surface area contributed by atoms with Crippen LogP contribution in [0.4, 0.5) is 0 Å². The smallest absolute Gasteiger partial charge is 0.291 e. The average molecular weight is 395 g/mol. The summed E-state index contributed by atoms with van der Waals surface area (Å²) < 4.78 is 17.9. The Morgan fingerprint density at radius 2 is 1.71 bits per heavy atom. The van der Waals surface area contributed by atoms with Crippen molar-refractivity contribution >= 4 is 22.4 Å². The SMILES string of the molecule is COc1ccccc1-c1nc2sc(=Cc3cccc(OC)c3OC)c(=O)n2n1. The Kier molecular flexibility index (Phi) is 4.70. The number of methoxy groups -OCH3 is 3. The van der Waals surface area contributed by atoms with E-state index >= 15 is 0 Å². The lowest BCUT2D eigenvalue weighted by molar-refractivity contribution is 0.354. The molecule has 2 aromatic carbocycles. The molecule has 2 aromatic heterocycles. The van der Waals surface area contributed by atoms with Gasteiger partial charge in [-0.3, -0.25) is 4.79 Å². The van der Waals surface area contributed by atoms with Gasteiger partial charge in [0.1, 0.15) is 5.75 Å². The van der Waals surface area contributed by atoms with Gasteiger partial charge in [0.25, 0.3) is 5.56 Å². The van der Waals surface area contributed by atoms with Gasteiger partial charge in [-0.15, -0.1) is 5.10 Å². The van der Waals surface area contributed by atoms with E-state index in [1.54, 1.807) is 33.5 Å². The van der Waals surface area contributed by atoms with E-state index in [1.807, 2.05) is 36.4 Å². The Labute approximate surface area is 164 Å². The average Bonchev–Trinajstić information content (AvgIpc) is 3.27. The minimum Gasteiger partial charge on any atom is -0.496 e. The Morgan fingerprint density at radius 3 is 2.43 bits per heavy atom. The lowest BCUT2D eigenvalue weighted by Crippen LogP contribution is -2.23. The fourth-order valence-electron chi connectivity index (χ4n) is 2.94. The third-order valence-corrected chi connectivity index (χ3v) is 5.21. The summed E-state index contributed by atoms with van der Waals surface area (Å²) in [5.74, 6) is 2.27. The molecule has 0 unspecified atom stereocenters. The van der Waals surface area contributed by atoms with Gasteiger partial charge in [-0.25, -0.2) is 0 Å². The molecule has 0 amide bonds. The third kappa shape index (κ3) is 2.97. The molecule has 0 aliphatic heterocycles. The summed E-state index contributed by atoms with van der Waals surface area (Å²) >= 11 is 1.26.